The molecule has 3 fully saturated rings. The molecule has 1 amide bonds. The summed E-state index contributed by atoms with van der Waals surface area (Å²) in [6, 6.07) is 7.88. The monoisotopic (exact) mass is 638 g/mol. The van der Waals surface area contributed by atoms with Gasteiger partial charge in [-0.2, -0.15) is 13.2 Å². The molecule has 2 saturated carbocycles. The topological polar surface area (TPSA) is 85.4 Å². The van der Waals surface area contributed by atoms with Crippen LogP contribution in [0.1, 0.15) is 68.2 Å². The lowest BCUT2D eigenvalue weighted by Gasteiger charge is -2.65. The lowest BCUT2D eigenvalue weighted by molar-refractivity contribution is -0.223. The molecule has 1 saturated heterocycles. The number of alkyl halides is 3. The van der Waals surface area contributed by atoms with E-state index in [4.69, 9.17) is 14.2 Å². The number of hydrogen-bond acceptors (Lipinski definition) is 7. The first kappa shape index (κ1) is 30.8. The van der Waals surface area contributed by atoms with Gasteiger partial charge in [-0.1, -0.05) is 18.2 Å². The van der Waals surface area contributed by atoms with Crippen LogP contribution in [0.5, 0.6) is 11.5 Å². The summed E-state index contributed by atoms with van der Waals surface area (Å²) in [5.74, 6) is 0.228. The third-order valence-corrected chi connectivity index (χ3v) is 10.8. The van der Waals surface area contributed by atoms with Crippen molar-refractivity contribution in [1.29, 1.82) is 0 Å². The number of likely N-dealkylation sites (N-methyl/N-ethyl adjacent to an activating group) is 1. The number of halogens is 3. The number of rotatable bonds is 7. The second kappa shape index (κ2) is 10.9. The van der Waals surface area contributed by atoms with Gasteiger partial charge in [0.2, 0.25) is 5.91 Å². The molecule has 2 bridgehead atoms. The Labute approximate surface area is 265 Å². The van der Waals surface area contributed by atoms with Gasteiger partial charge in [-0.05, 0) is 86.4 Å². The molecule has 0 aromatic heterocycles. The van der Waals surface area contributed by atoms with Crippen molar-refractivity contribution in [3.63, 3.8) is 0 Å². The lowest BCUT2D eigenvalue weighted by Crippen LogP contribution is -2.79. The van der Waals surface area contributed by atoms with E-state index in [0.29, 0.717) is 48.7 Å². The van der Waals surface area contributed by atoms with Gasteiger partial charge in [0.1, 0.15) is 11.7 Å². The number of carbonyl (C=O) groups excluding carboxylic acids is 3. The van der Waals surface area contributed by atoms with Gasteiger partial charge in [-0.25, -0.2) is 0 Å². The van der Waals surface area contributed by atoms with Gasteiger partial charge in [0.15, 0.2) is 11.5 Å². The average molecular weight is 639 g/mol. The van der Waals surface area contributed by atoms with Gasteiger partial charge < -0.3 is 19.1 Å². The minimum absolute atomic E-state index is 0.0728. The molecular weight excluding hydrogens is 601 g/mol. The second-order valence-electron chi connectivity index (χ2n) is 13.4. The standard InChI is InChI=1S/C35H37F3N2O6/c1-20(41)44-27-12-9-24-18-28-34(46-21(2)42)15-14-26(39(3)29(43)13-8-22-6-10-25(11-7-22)35(36,37)38)32-33(34,30(24)31(27)45-32)16-17-40(28)19-23-4-5-23/h6-13,23,26,28,32H,4-5,14-19H2,1-3H3/t26-,28-,32+,33+,34-/m1/s1. The van der Waals surface area contributed by atoms with Crippen molar-refractivity contribution in [2.75, 3.05) is 20.1 Å². The third kappa shape index (κ3) is 4.80. The predicted molar refractivity (Wildman–Crippen MR) is 161 cm³/mol. The lowest BCUT2D eigenvalue weighted by atomic mass is 9.48. The molecular formula is C35H37F3N2O6. The maximum absolute atomic E-state index is 13.6. The summed E-state index contributed by atoms with van der Waals surface area (Å²) in [4.78, 5) is 42.8. The van der Waals surface area contributed by atoms with E-state index in [1.54, 1.807) is 18.0 Å². The van der Waals surface area contributed by atoms with Crippen LogP contribution in [0.4, 0.5) is 13.2 Å². The van der Waals surface area contributed by atoms with E-state index in [0.717, 1.165) is 36.3 Å². The summed E-state index contributed by atoms with van der Waals surface area (Å²) in [5.41, 5.74) is -0.00402. The molecule has 2 aromatic rings. The molecule has 2 heterocycles. The van der Waals surface area contributed by atoms with Crippen molar-refractivity contribution in [3.05, 3.63) is 64.7 Å². The first-order chi connectivity index (χ1) is 21.8. The Balaban J connectivity index is 1.27. The van der Waals surface area contributed by atoms with E-state index < -0.39 is 40.9 Å². The Morgan fingerprint density at radius 1 is 1.04 bits per heavy atom. The molecule has 5 aliphatic rings. The number of esters is 2. The van der Waals surface area contributed by atoms with Crippen molar-refractivity contribution in [1.82, 2.24) is 9.80 Å². The molecule has 244 valence electrons. The molecule has 0 radical (unpaired) electrons. The maximum Gasteiger partial charge on any atom is 0.416 e. The van der Waals surface area contributed by atoms with E-state index in [-0.39, 0.29) is 17.9 Å². The molecule has 0 unspecified atom stereocenters. The first-order valence-electron chi connectivity index (χ1n) is 15.9. The normalized spacial score (nSPS) is 29.6. The number of benzene rings is 2. The van der Waals surface area contributed by atoms with Gasteiger partial charge >= 0.3 is 18.1 Å². The van der Waals surface area contributed by atoms with Crippen LogP contribution in [0.15, 0.2) is 42.5 Å². The molecule has 2 aliphatic heterocycles. The molecule has 1 spiro atoms. The van der Waals surface area contributed by atoms with E-state index in [1.807, 2.05) is 6.07 Å². The summed E-state index contributed by atoms with van der Waals surface area (Å²) in [6.07, 6.45) is 2.52. The fourth-order valence-corrected chi connectivity index (χ4v) is 8.74. The van der Waals surface area contributed by atoms with E-state index >= 15 is 0 Å². The highest BCUT2D eigenvalue weighted by Gasteiger charge is 2.75. The summed E-state index contributed by atoms with van der Waals surface area (Å²) < 4.78 is 58.0. The molecule has 3 aliphatic carbocycles. The smallest absolute Gasteiger partial charge is 0.416 e. The Morgan fingerprint density at radius 3 is 2.43 bits per heavy atom. The first-order valence-corrected chi connectivity index (χ1v) is 15.9. The van der Waals surface area contributed by atoms with Gasteiger partial charge in [-0.15, -0.1) is 0 Å². The number of likely N-dealkylation sites (tertiary alicyclic amines) is 1. The molecule has 11 heteroatoms. The second-order valence-corrected chi connectivity index (χ2v) is 13.4. The van der Waals surface area contributed by atoms with Crippen LogP contribution in [0, 0.1) is 5.92 Å². The zero-order chi connectivity index (χ0) is 32.6. The number of carbonyl (C=O) groups is 3. The quantitative estimate of drug-likeness (QED) is 0.231. The van der Waals surface area contributed by atoms with Crippen LogP contribution in [0.3, 0.4) is 0 Å². The Bertz CT molecular complexity index is 1620. The Morgan fingerprint density at radius 2 is 1.78 bits per heavy atom. The molecule has 46 heavy (non-hydrogen) atoms. The van der Waals surface area contributed by atoms with Crippen LogP contribution in [0.2, 0.25) is 0 Å². The van der Waals surface area contributed by atoms with Crippen molar-refractivity contribution >= 4 is 23.9 Å². The summed E-state index contributed by atoms with van der Waals surface area (Å²) in [6.45, 7) is 4.50. The van der Waals surface area contributed by atoms with Crippen molar-refractivity contribution < 1.29 is 41.8 Å². The van der Waals surface area contributed by atoms with E-state index in [9.17, 15) is 27.6 Å². The Hall–Kier alpha value is -3.86. The summed E-state index contributed by atoms with van der Waals surface area (Å²) in [7, 11) is 1.70. The third-order valence-electron chi connectivity index (χ3n) is 10.8. The SMILES string of the molecule is CC(=O)Oc1ccc2c3c1O[C@H]1[C@H](N(C)C(=O)C=Cc4ccc(C(F)(F)F)cc4)CC[C@@]4(OC(C)=O)[C@@H](C2)N(CC2CC2)CC[C@]314. The van der Waals surface area contributed by atoms with Crippen molar-refractivity contribution in [3.8, 4) is 11.5 Å². The highest BCUT2D eigenvalue weighted by molar-refractivity contribution is 5.92. The van der Waals surface area contributed by atoms with Gasteiger partial charge in [0, 0.05) is 39.1 Å². The maximum atomic E-state index is 13.6. The highest BCUT2D eigenvalue weighted by atomic mass is 19.4. The number of hydrogen-bond donors (Lipinski definition) is 0. The minimum Gasteiger partial charge on any atom is -0.483 e. The van der Waals surface area contributed by atoms with Crippen LogP contribution in [0.25, 0.3) is 6.08 Å². The van der Waals surface area contributed by atoms with Gasteiger partial charge in [0.05, 0.1) is 23.1 Å². The van der Waals surface area contributed by atoms with Gasteiger partial charge in [-0.3, -0.25) is 19.3 Å². The minimum atomic E-state index is -4.44. The zero-order valence-corrected chi connectivity index (χ0v) is 26.1. The van der Waals surface area contributed by atoms with Crippen molar-refractivity contribution in [2.45, 2.75) is 87.8 Å². The number of nitrogens with zero attached hydrogens (tertiary/aromatic N) is 2. The van der Waals surface area contributed by atoms with Gasteiger partial charge in [0.25, 0.3) is 0 Å². The molecule has 7 rings (SSSR count). The average Bonchev–Trinajstić information content (AvgIpc) is 3.74. The fraction of sp³-hybridized carbons (Fsp3) is 0.514. The van der Waals surface area contributed by atoms with E-state index in [1.165, 1.54) is 51.0 Å². The Kier molecular flexibility index (Phi) is 7.26. The van der Waals surface area contributed by atoms with Crippen molar-refractivity contribution in [2.24, 2.45) is 5.92 Å². The van der Waals surface area contributed by atoms with Crippen LogP contribution >= 0.6 is 0 Å². The van der Waals surface area contributed by atoms with Crippen LogP contribution < -0.4 is 9.47 Å². The molecule has 0 N–H and O–H groups in total. The number of ether oxygens (including phenoxy) is 3. The largest absolute Gasteiger partial charge is 0.483 e. The van der Waals surface area contributed by atoms with Crippen LogP contribution in [-0.2, 0) is 37.1 Å². The predicted octanol–water partition coefficient (Wildman–Crippen LogP) is 5.31. The summed E-state index contributed by atoms with van der Waals surface area (Å²) in [5, 5.41) is 0. The number of piperidine rings is 1. The molecule has 5 atom stereocenters. The molecule has 2 aromatic carbocycles. The van der Waals surface area contributed by atoms with Crippen LogP contribution in [-0.4, -0.2) is 71.6 Å². The highest BCUT2D eigenvalue weighted by Crippen LogP contribution is 2.67. The fourth-order valence-electron chi connectivity index (χ4n) is 8.74. The zero-order valence-electron chi connectivity index (χ0n) is 26.1. The van der Waals surface area contributed by atoms with E-state index in [2.05, 4.69) is 4.90 Å². The number of amides is 1. The molecule has 8 nitrogen and oxygen atoms in total. The summed E-state index contributed by atoms with van der Waals surface area (Å²) >= 11 is 0.